The van der Waals surface area contributed by atoms with Gasteiger partial charge in [-0.15, -0.1) is 0 Å². The van der Waals surface area contributed by atoms with Crippen LogP contribution in [0.4, 0.5) is 17.3 Å². The molecule has 0 aliphatic carbocycles. The van der Waals surface area contributed by atoms with Crippen molar-refractivity contribution in [3.63, 3.8) is 0 Å². The predicted octanol–water partition coefficient (Wildman–Crippen LogP) is 4.31. The Kier molecular flexibility index (Phi) is 5.21. The van der Waals surface area contributed by atoms with Crippen LogP contribution in [0.5, 0.6) is 0 Å². The molecule has 1 aliphatic heterocycles. The molecule has 7 heteroatoms. The van der Waals surface area contributed by atoms with E-state index in [1.54, 1.807) is 35.9 Å². The maximum Gasteiger partial charge on any atom is 0.335 e. The fraction of sp³-hybridized carbons (Fsp3) is 0.375. The molecule has 0 bridgehead atoms. The van der Waals surface area contributed by atoms with Crippen LogP contribution in [0.2, 0.25) is 0 Å². The summed E-state index contributed by atoms with van der Waals surface area (Å²) in [6.45, 7) is 8.22. The van der Waals surface area contributed by atoms with Crippen molar-refractivity contribution in [1.29, 1.82) is 0 Å². The summed E-state index contributed by atoms with van der Waals surface area (Å²) in [4.78, 5) is 31.4. The number of nitrogens with zero attached hydrogens (tertiary/aromatic N) is 3. The number of hydrogen-bond donors (Lipinski definition) is 2. The molecule has 4 rings (SSSR count). The first kappa shape index (κ1) is 20.9. The molecule has 2 N–H and O–H groups in total. The van der Waals surface area contributed by atoms with Crippen molar-refractivity contribution >= 4 is 34.2 Å². The van der Waals surface area contributed by atoms with Crippen LogP contribution in [0.25, 0.3) is 10.9 Å². The van der Waals surface area contributed by atoms with Crippen LogP contribution in [0.3, 0.4) is 0 Å². The maximum atomic E-state index is 13.2. The van der Waals surface area contributed by atoms with Crippen LogP contribution < -0.4 is 15.8 Å². The van der Waals surface area contributed by atoms with Crippen LogP contribution >= 0.6 is 0 Å². The summed E-state index contributed by atoms with van der Waals surface area (Å²) in [5.41, 5.74) is 3.49. The molecule has 162 valence electrons. The normalized spacial score (nSPS) is 15.8. The molecular weight excluding hydrogens is 392 g/mol. The second kappa shape index (κ2) is 7.72. The number of nitrogens with one attached hydrogen (secondary N) is 1. The third kappa shape index (κ3) is 4.13. The van der Waals surface area contributed by atoms with E-state index in [9.17, 15) is 9.59 Å². The minimum absolute atomic E-state index is 0.0715. The first-order valence-electron chi connectivity index (χ1n) is 10.5. The summed E-state index contributed by atoms with van der Waals surface area (Å²) in [6, 6.07) is 10.4. The number of fused-ring (bicyclic) bond motifs is 1. The first-order valence-corrected chi connectivity index (χ1v) is 10.5. The molecule has 1 saturated heterocycles. The zero-order valence-corrected chi connectivity index (χ0v) is 18.4. The van der Waals surface area contributed by atoms with Crippen molar-refractivity contribution < 1.29 is 9.90 Å². The highest BCUT2D eigenvalue weighted by Crippen LogP contribution is 2.32. The van der Waals surface area contributed by atoms with Gasteiger partial charge in [-0.25, -0.2) is 9.78 Å². The lowest BCUT2D eigenvalue weighted by Crippen LogP contribution is -2.40. The van der Waals surface area contributed by atoms with E-state index in [4.69, 9.17) is 10.1 Å². The largest absolute Gasteiger partial charge is 0.478 e. The maximum absolute atomic E-state index is 13.2. The second-order valence-corrected chi connectivity index (χ2v) is 9.14. The molecule has 0 spiro atoms. The van der Waals surface area contributed by atoms with E-state index in [1.807, 2.05) is 19.1 Å². The van der Waals surface area contributed by atoms with E-state index < -0.39 is 5.97 Å². The van der Waals surface area contributed by atoms with Gasteiger partial charge in [0.1, 0.15) is 5.52 Å². The van der Waals surface area contributed by atoms with Gasteiger partial charge in [-0.1, -0.05) is 13.8 Å². The van der Waals surface area contributed by atoms with Crippen molar-refractivity contribution in [2.24, 2.45) is 12.5 Å². The molecule has 2 aromatic carbocycles. The summed E-state index contributed by atoms with van der Waals surface area (Å²) >= 11 is 0. The quantitative estimate of drug-likeness (QED) is 0.654. The lowest BCUT2D eigenvalue weighted by Gasteiger charge is -2.38. The number of aromatic nitrogens is 2. The van der Waals surface area contributed by atoms with Crippen LogP contribution in [0.15, 0.2) is 41.2 Å². The lowest BCUT2D eigenvalue weighted by atomic mass is 9.83. The van der Waals surface area contributed by atoms with Gasteiger partial charge >= 0.3 is 5.97 Å². The fourth-order valence-electron chi connectivity index (χ4n) is 4.05. The molecular formula is C24H28N4O3. The Morgan fingerprint density at radius 3 is 2.39 bits per heavy atom. The number of carbonyl (C=O) groups is 1. The molecule has 3 aromatic rings. The van der Waals surface area contributed by atoms with Gasteiger partial charge in [0.05, 0.1) is 16.6 Å². The molecule has 1 aromatic heterocycles. The highest BCUT2D eigenvalue weighted by atomic mass is 16.4. The third-order valence-electron chi connectivity index (χ3n) is 6.11. The number of carboxylic acid groups (broad SMARTS) is 1. The van der Waals surface area contributed by atoms with E-state index in [0.29, 0.717) is 22.3 Å². The van der Waals surface area contributed by atoms with Crippen molar-refractivity contribution in [1.82, 2.24) is 9.55 Å². The molecule has 31 heavy (non-hydrogen) atoms. The standard InChI is InChI=1S/C24H28N4O3/c1-15-13-18-20(19(14-15)25-17-7-5-16(6-8-17)22(30)31)26-23(27(4)21(18)29)28-11-9-24(2,3)10-12-28/h5-8,13-14,25H,9-12H2,1-4H3,(H,30,31). The van der Waals surface area contributed by atoms with E-state index in [-0.39, 0.29) is 11.1 Å². The lowest BCUT2D eigenvalue weighted by molar-refractivity contribution is 0.0697. The molecule has 0 radical (unpaired) electrons. The van der Waals surface area contributed by atoms with Crippen LogP contribution in [0.1, 0.15) is 42.6 Å². The van der Waals surface area contributed by atoms with Gasteiger partial charge < -0.3 is 15.3 Å². The fourth-order valence-corrected chi connectivity index (χ4v) is 4.05. The molecule has 0 saturated carbocycles. The molecule has 0 amide bonds. The summed E-state index contributed by atoms with van der Waals surface area (Å²) in [7, 11) is 1.78. The monoisotopic (exact) mass is 420 g/mol. The molecule has 1 fully saturated rings. The Morgan fingerprint density at radius 2 is 1.77 bits per heavy atom. The number of rotatable bonds is 4. The summed E-state index contributed by atoms with van der Waals surface area (Å²) < 4.78 is 1.64. The Labute approximate surface area is 181 Å². The highest BCUT2D eigenvalue weighted by molar-refractivity contribution is 5.93. The SMILES string of the molecule is Cc1cc(Nc2ccc(C(=O)O)cc2)c2nc(N3CCC(C)(C)CC3)n(C)c(=O)c2c1. The van der Waals surface area contributed by atoms with Gasteiger partial charge in [0.25, 0.3) is 5.56 Å². The minimum atomic E-state index is -0.966. The van der Waals surface area contributed by atoms with Gasteiger partial charge in [0.2, 0.25) is 5.95 Å². The number of carboxylic acids is 1. The molecule has 0 atom stereocenters. The van der Waals surface area contributed by atoms with Crippen LogP contribution in [-0.2, 0) is 7.05 Å². The molecule has 7 nitrogen and oxygen atoms in total. The molecule has 2 heterocycles. The van der Waals surface area contributed by atoms with Gasteiger partial charge in [0.15, 0.2) is 0 Å². The van der Waals surface area contributed by atoms with Gasteiger partial charge in [0, 0.05) is 25.8 Å². The van der Waals surface area contributed by atoms with Crippen molar-refractivity contribution in [2.75, 3.05) is 23.3 Å². The summed E-state index contributed by atoms with van der Waals surface area (Å²) in [6.07, 6.45) is 2.10. The summed E-state index contributed by atoms with van der Waals surface area (Å²) in [5.74, 6) is -0.284. The number of anilines is 3. The van der Waals surface area contributed by atoms with Gasteiger partial charge in [-0.3, -0.25) is 9.36 Å². The number of aryl methyl sites for hydroxylation is 1. The third-order valence-corrected chi connectivity index (χ3v) is 6.11. The summed E-state index contributed by atoms with van der Waals surface area (Å²) in [5, 5.41) is 13.0. The number of aromatic carboxylic acids is 1. The zero-order valence-electron chi connectivity index (χ0n) is 18.4. The van der Waals surface area contributed by atoms with Gasteiger partial charge in [-0.05, 0) is 67.1 Å². The van der Waals surface area contributed by atoms with Crippen LogP contribution in [0, 0.1) is 12.3 Å². The Balaban J connectivity index is 1.78. The highest BCUT2D eigenvalue weighted by Gasteiger charge is 2.27. The smallest absolute Gasteiger partial charge is 0.335 e. The van der Waals surface area contributed by atoms with Crippen molar-refractivity contribution in [3.05, 3.63) is 57.9 Å². The average molecular weight is 421 g/mol. The van der Waals surface area contributed by atoms with Crippen molar-refractivity contribution in [2.45, 2.75) is 33.6 Å². The Bertz CT molecular complexity index is 1200. The van der Waals surface area contributed by atoms with E-state index in [0.717, 1.165) is 42.9 Å². The molecule has 1 aliphatic rings. The second-order valence-electron chi connectivity index (χ2n) is 9.14. The van der Waals surface area contributed by atoms with Crippen molar-refractivity contribution in [3.8, 4) is 0 Å². The minimum Gasteiger partial charge on any atom is -0.478 e. The van der Waals surface area contributed by atoms with E-state index in [1.165, 1.54) is 0 Å². The first-order chi connectivity index (χ1) is 14.6. The number of hydrogen-bond acceptors (Lipinski definition) is 5. The topological polar surface area (TPSA) is 87.5 Å². The Hall–Kier alpha value is -3.35. The zero-order chi connectivity index (χ0) is 22.3. The number of piperidine rings is 1. The predicted molar refractivity (Wildman–Crippen MR) is 124 cm³/mol. The van der Waals surface area contributed by atoms with E-state index in [2.05, 4.69) is 24.1 Å². The molecule has 0 unspecified atom stereocenters. The number of benzene rings is 2. The van der Waals surface area contributed by atoms with Crippen LogP contribution in [-0.4, -0.2) is 33.7 Å². The average Bonchev–Trinajstić information content (AvgIpc) is 2.72. The van der Waals surface area contributed by atoms with Gasteiger partial charge in [-0.2, -0.15) is 0 Å². The Morgan fingerprint density at radius 1 is 1.13 bits per heavy atom. The van der Waals surface area contributed by atoms with E-state index >= 15 is 0 Å².